The van der Waals surface area contributed by atoms with Gasteiger partial charge in [0.1, 0.15) is 5.75 Å². The van der Waals surface area contributed by atoms with Gasteiger partial charge < -0.3 is 20.3 Å². The number of benzene rings is 2. The summed E-state index contributed by atoms with van der Waals surface area (Å²) < 4.78 is 31.8. The number of amides is 4. The molecular formula is C20H24N4O5S. The first-order chi connectivity index (χ1) is 14.3. The Bertz CT molecular complexity index is 1040. The van der Waals surface area contributed by atoms with Gasteiger partial charge in [-0.25, -0.2) is 22.7 Å². The summed E-state index contributed by atoms with van der Waals surface area (Å²) in [5.41, 5.74) is 2.58. The summed E-state index contributed by atoms with van der Waals surface area (Å²) in [5.74, 6) is 0.512. The Balaban J connectivity index is 1.66. The maximum Gasteiger partial charge on any atom is 0.333 e. The molecule has 2 aromatic rings. The molecule has 2 aromatic carbocycles. The molecule has 0 unspecified atom stereocenters. The number of carbonyl (C=O) groups is 2. The van der Waals surface area contributed by atoms with Crippen molar-refractivity contribution >= 4 is 27.8 Å². The van der Waals surface area contributed by atoms with E-state index in [2.05, 4.69) is 10.6 Å². The van der Waals surface area contributed by atoms with Gasteiger partial charge in [-0.1, -0.05) is 6.07 Å². The highest BCUT2D eigenvalue weighted by atomic mass is 32.2. The van der Waals surface area contributed by atoms with Gasteiger partial charge in [0.15, 0.2) is 0 Å². The molecule has 0 aromatic heterocycles. The highest BCUT2D eigenvalue weighted by Gasteiger charge is 2.20. The van der Waals surface area contributed by atoms with Gasteiger partial charge in [-0.2, -0.15) is 0 Å². The average molecular weight is 433 g/mol. The first-order valence-electron chi connectivity index (χ1n) is 9.38. The maximum atomic E-state index is 12.4. The molecule has 0 saturated carbocycles. The third-order valence-corrected chi connectivity index (χ3v) is 6.21. The van der Waals surface area contributed by atoms with E-state index in [1.54, 1.807) is 18.0 Å². The van der Waals surface area contributed by atoms with Crippen molar-refractivity contribution in [2.45, 2.75) is 17.7 Å². The molecule has 3 N–H and O–H groups in total. The zero-order chi connectivity index (χ0) is 21.7. The van der Waals surface area contributed by atoms with Gasteiger partial charge in [-0.05, 0) is 60.4 Å². The summed E-state index contributed by atoms with van der Waals surface area (Å²) in [6, 6.07) is 10.1. The minimum atomic E-state index is -4.02. The van der Waals surface area contributed by atoms with E-state index < -0.39 is 16.1 Å². The highest BCUT2D eigenvalue weighted by Crippen LogP contribution is 2.21. The second-order valence-corrected chi connectivity index (χ2v) is 8.44. The predicted octanol–water partition coefficient (Wildman–Crippen LogP) is 1.95. The molecule has 1 aliphatic rings. The molecule has 0 spiro atoms. The van der Waals surface area contributed by atoms with Crippen LogP contribution in [0.3, 0.4) is 0 Å². The molecule has 3 rings (SSSR count). The average Bonchev–Trinajstić information content (AvgIpc) is 2.95. The van der Waals surface area contributed by atoms with Crippen LogP contribution in [0.25, 0.3) is 0 Å². The molecule has 0 fully saturated rings. The van der Waals surface area contributed by atoms with Crippen LogP contribution >= 0.6 is 0 Å². The number of ether oxygens (including phenoxy) is 1. The molecule has 0 saturated heterocycles. The second-order valence-electron chi connectivity index (χ2n) is 6.76. The van der Waals surface area contributed by atoms with Gasteiger partial charge in [0, 0.05) is 25.8 Å². The highest BCUT2D eigenvalue weighted by molar-refractivity contribution is 7.90. The van der Waals surface area contributed by atoms with E-state index in [9.17, 15) is 18.0 Å². The number of nitrogens with one attached hydrogen (secondary N) is 3. The van der Waals surface area contributed by atoms with Crippen molar-refractivity contribution in [1.82, 2.24) is 14.9 Å². The normalized spacial score (nSPS) is 13.6. The molecular weight excluding hydrogens is 408 g/mol. The molecule has 9 nitrogen and oxygen atoms in total. The Kier molecular flexibility index (Phi) is 6.46. The summed E-state index contributed by atoms with van der Waals surface area (Å²) >= 11 is 0. The second kappa shape index (κ2) is 9.04. The smallest absolute Gasteiger partial charge is 0.333 e. The van der Waals surface area contributed by atoms with Crippen LogP contribution in [-0.2, 0) is 22.9 Å². The minimum Gasteiger partial charge on any atom is -0.497 e. The van der Waals surface area contributed by atoms with Gasteiger partial charge in [-0.15, -0.1) is 0 Å². The van der Waals surface area contributed by atoms with E-state index in [1.165, 1.54) is 31.4 Å². The Morgan fingerprint density at radius 3 is 2.30 bits per heavy atom. The minimum absolute atomic E-state index is 0.0466. The van der Waals surface area contributed by atoms with E-state index in [0.29, 0.717) is 37.4 Å². The summed E-state index contributed by atoms with van der Waals surface area (Å²) in [5, 5.41) is 5.19. The molecule has 0 radical (unpaired) electrons. The fourth-order valence-corrected chi connectivity index (χ4v) is 4.16. The number of nitrogens with zero attached hydrogens (tertiary/aromatic N) is 1. The van der Waals surface area contributed by atoms with Crippen LogP contribution in [-0.4, -0.2) is 52.6 Å². The molecule has 0 aliphatic carbocycles. The molecule has 1 heterocycles. The summed E-state index contributed by atoms with van der Waals surface area (Å²) in [6.45, 7) is 1.17. The quantitative estimate of drug-likeness (QED) is 0.683. The lowest BCUT2D eigenvalue weighted by molar-refractivity contribution is 0.202. The van der Waals surface area contributed by atoms with E-state index >= 15 is 0 Å². The molecule has 30 heavy (non-hydrogen) atoms. The lowest BCUT2D eigenvalue weighted by atomic mass is 10.0. The number of hydrogen-bond donors (Lipinski definition) is 3. The zero-order valence-corrected chi connectivity index (χ0v) is 17.6. The van der Waals surface area contributed by atoms with Gasteiger partial charge >= 0.3 is 12.1 Å². The number of methoxy groups -OCH3 is 1. The Labute approximate surface area is 175 Å². The van der Waals surface area contributed by atoms with Crippen LogP contribution in [0.1, 0.15) is 11.1 Å². The fourth-order valence-electron chi connectivity index (χ4n) is 3.26. The first-order valence-corrected chi connectivity index (χ1v) is 10.9. The number of sulfonamides is 1. The summed E-state index contributed by atoms with van der Waals surface area (Å²) in [4.78, 5) is 25.8. The van der Waals surface area contributed by atoms with Crippen molar-refractivity contribution in [1.29, 1.82) is 0 Å². The Hall–Kier alpha value is -3.27. The Morgan fingerprint density at radius 1 is 1.00 bits per heavy atom. The van der Waals surface area contributed by atoms with Gasteiger partial charge in [0.2, 0.25) is 0 Å². The van der Waals surface area contributed by atoms with E-state index in [-0.39, 0.29) is 10.9 Å². The third-order valence-electron chi connectivity index (χ3n) is 4.86. The van der Waals surface area contributed by atoms with Crippen LogP contribution < -0.4 is 20.1 Å². The molecule has 160 valence electrons. The number of urea groups is 2. The molecule has 0 atom stereocenters. The molecule has 10 heteroatoms. The molecule has 4 amide bonds. The number of fused-ring (bicyclic) bond motifs is 1. The monoisotopic (exact) mass is 432 g/mol. The van der Waals surface area contributed by atoms with Gasteiger partial charge in [0.05, 0.1) is 12.0 Å². The van der Waals surface area contributed by atoms with Crippen molar-refractivity contribution in [2.24, 2.45) is 0 Å². The van der Waals surface area contributed by atoms with Crippen LogP contribution in [0.5, 0.6) is 5.75 Å². The first kappa shape index (κ1) is 21.4. The summed E-state index contributed by atoms with van der Waals surface area (Å²) in [6.07, 6.45) is 1.35. The van der Waals surface area contributed by atoms with Crippen molar-refractivity contribution in [2.75, 3.05) is 32.6 Å². The number of carbonyl (C=O) groups excluding carboxylic acids is 2. The van der Waals surface area contributed by atoms with Crippen LogP contribution in [0, 0.1) is 0 Å². The lowest BCUT2D eigenvalue weighted by Crippen LogP contribution is -2.39. The molecule has 1 aliphatic heterocycles. The number of hydrogen-bond acceptors (Lipinski definition) is 5. The predicted molar refractivity (Wildman–Crippen MR) is 112 cm³/mol. The van der Waals surface area contributed by atoms with Crippen LogP contribution in [0.15, 0.2) is 47.4 Å². The van der Waals surface area contributed by atoms with Crippen molar-refractivity contribution in [3.63, 3.8) is 0 Å². The fraction of sp³-hybridized carbons (Fsp3) is 0.300. The van der Waals surface area contributed by atoms with Crippen LogP contribution in [0.2, 0.25) is 0 Å². The number of anilines is 1. The SMILES string of the molecule is CNC(=O)N1CCc2ccc(NC(=O)NS(=O)(=O)c3ccc(OC)cc3)cc2CC1. The van der Waals surface area contributed by atoms with E-state index in [1.807, 2.05) is 16.9 Å². The zero-order valence-electron chi connectivity index (χ0n) is 16.8. The third kappa shape index (κ3) is 5.01. The number of rotatable bonds is 4. The molecule has 0 bridgehead atoms. The van der Waals surface area contributed by atoms with E-state index in [4.69, 9.17) is 4.74 Å². The summed E-state index contributed by atoms with van der Waals surface area (Å²) in [7, 11) is -0.940. The van der Waals surface area contributed by atoms with Gasteiger partial charge in [0.25, 0.3) is 10.0 Å². The Morgan fingerprint density at radius 2 is 1.67 bits per heavy atom. The van der Waals surface area contributed by atoms with Gasteiger partial charge in [-0.3, -0.25) is 0 Å². The van der Waals surface area contributed by atoms with Crippen molar-refractivity contribution < 1.29 is 22.7 Å². The van der Waals surface area contributed by atoms with Crippen molar-refractivity contribution in [3.8, 4) is 5.75 Å². The standard InChI is InChI=1S/C20H24N4O5S/c1-21-20(26)24-11-9-14-3-4-16(13-15(14)10-12-24)22-19(25)23-30(27,28)18-7-5-17(29-2)6-8-18/h3-8,13H,9-12H2,1-2H3,(H,21,26)(H2,22,23,25). The maximum absolute atomic E-state index is 12.4. The van der Waals surface area contributed by atoms with Crippen LogP contribution in [0.4, 0.5) is 15.3 Å². The topological polar surface area (TPSA) is 117 Å². The van der Waals surface area contributed by atoms with Crippen molar-refractivity contribution in [3.05, 3.63) is 53.6 Å². The lowest BCUT2D eigenvalue weighted by Gasteiger charge is -2.19. The van der Waals surface area contributed by atoms with E-state index in [0.717, 1.165) is 11.1 Å². The largest absolute Gasteiger partial charge is 0.497 e.